The average molecular weight is 722 g/mol. The van der Waals surface area contributed by atoms with Crippen molar-refractivity contribution in [3.05, 3.63) is 54.6 Å². The Bertz CT molecular complexity index is 1220. The van der Waals surface area contributed by atoms with Gasteiger partial charge in [-0.2, -0.15) is 30.8 Å². The topological polar surface area (TPSA) is 89.1 Å². The first-order valence-electron chi connectivity index (χ1n) is 18.1. The molecule has 6 rings (SSSR count). The number of nitrogens with one attached hydrogen (secondary N) is 2. The molecule has 259 valence electrons. The molecule has 0 bridgehead atoms. The predicted octanol–water partition coefficient (Wildman–Crippen LogP) is 10.6. The Morgan fingerprint density at radius 2 is 1.49 bits per heavy atom. The third-order valence-electron chi connectivity index (χ3n) is 9.17. The maximum atomic E-state index is 10.2. The summed E-state index contributed by atoms with van der Waals surface area (Å²) in [5.74, 6) is 3.37. The summed E-state index contributed by atoms with van der Waals surface area (Å²) in [6, 6.07) is 7.85. The molecule has 3 aliphatic rings. The number of H-pyrrole nitrogens is 1. The minimum absolute atomic E-state index is 0. The van der Waals surface area contributed by atoms with Gasteiger partial charge in [-0.1, -0.05) is 71.6 Å². The van der Waals surface area contributed by atoms with Gasteiger partial charge in [0.15, 0.2) is 0 Å². The van der Waals surface area contributed by atoms with E-state index in [2.05, 4.69) is 33.3 Å². The smallest absolute Gasteiger partial charge is 0.137 e. The molecule has 2 aromatic heterocycles. The van der Waals surface area contributed by atoms with E-state index < -0.39 is 0 Å². The molecular formula is C39H60N4O3Y-2. The van der Waals surface area contributed by atoms with Crippen molar-refractivity contribution >= 4 is 23.0 Å². The monoisotopic (exact) mass is 721 g/mol. The Balaban J connectivity index is 0.000000349. The van der Waals surface area contributed by atoms with Crippen LogP contribution in [0.15, 0.2) is 30.5 Å². The number of methoxy groups -OCH3 is 2. The number of ether oxygens (including phenoxy) is 2. The minimum atomic E-state index is 0. The predicted molar refractivity (Wildman–Crippen MR) is 191 cm³/mol. The van der Waals surface area contributed by atoms with Crippen LogP contribution in [0, 0.1) is 18.8 Å². The van der Waals surface area contributed by atoms with E-state index in [4.69, 9.17) is 9.47 Å². The quantitative estimate of drug-likeness (QED) is 0.143. The van der Waals surface area contributed by atoms with Gasteiger partial charge in [-0.15, -0.1) is 0 Å². The van der Waals surface area contributed by atoms with E-state index in [1.807, 2.05) is 44.3 Å². The van der Waals surface area contributed by atoms with Crippen molar-refractivity contribution in [3.8, 4) is 11.5 Å². The number of nitrogens with zero attached hydrogens (tertiary/aromatic N) is 2. The molecule has 2 N–H and O–H groups in total. The molecule has 1 aromatic carbocycles. The van der Waals surface area contributed by atoms with Crippen LogP contribution in [-0.4, -0.2) is 35.7 Å². The summed E-state index contributed by atoms with van der Waals surface area (Å²) in [7, 11) is 3.34. The summed E-state index contributed by atoms with van der Waals surface area (Å²) >= 11 is 0. The van der Waals surface area contributed by atoms with E-state index in [1.165, 1.54) is 102 Å². The fraction of sp³-hybridized carbons (Fsp3) is 0.615. The van der Waals surface area contributed by atoms with Gasteiger partial charge in [-0.3, -0.25) is 5.10 Å². The summed E-state index contributed by atoms with van der Waals surface area (Å²) in [5.41, 5.74) is 3.24. The number of aldehydes is 1. The zero-order valence-corrected chi connectivity index (χ0v) is 32.5. The molecule has 0 amide bonds. The number of pyridine rings is 1. The van der Waals surface area contributed by atoms with Crippen molar-refractivity contribution in [2.24, 2.45) is 5.92 Å². The third-order valence-corrected chi connectivity index (χ3v) is 9.17. The van der Waals surface area contributed by atoms with E-state index in [9.17, 15) is 4.79 Å². The van der Waals surface area contributed by atoms with Gasteiger partial charge >= 0.3 is 0 Å². The molecule has 3 aliphatic carbocycles. The fourth-order valence-electron chi connectivity index (χ4n) is 6.53. The molecule has 8 heteroatoms. The molecule has 0 spiro atoms. The van der Waals surface area contributed by atoms with Crippen LogP contribution in [0.4, 0.5) is 5.82 Å². The second kappa shape index (κ2) is 25.1. The second-order valence-corrected chi connectivity index (χ2v) is 12.4. The van der Waals surface area contributed by atoms with Crippen molar-refractivity contribution in [3.63, 3.8) is 0 Å². The SMILES string of the molecule is CC.COc1ccc(CNc2nccc3n[nH]c(C4CCC[CH-]CCC4)c23)c(OC)c1.O=CC1CCCCC1.[CH-]1CCCCCC1.[Y]. The van der Waals surface area contributed by atoms with Gasteiger partial charge in [0.05, 0.1) is 25.1 Å². The third kappa shape index (κ3) is 14.2. The van der Waals surface area contributed by atoms with Crippen LogP contribution in [0.1, 0.15) is 140 Å². The molecule has 3 saturated carbocycles. The fourth-order valence-corrected chi connectivity index (χ4v) is 6.53. The number of hydrogen-bond acceptors (Lipinski definition) is 6. The first-order chi connectivity index (χ1) is 22.7. The van der Waals surface area contributed by atoms with Crippen molar-refractivity contribution < 1.29 is 47.0 Å². The van der Waals surface area contributed by atoms with E-state index in [0.29, 0.717) is 18.4 Å². The molecule has 47 heavy (non-hydrogen) atoms. The first-order valence-corrected chi connectivity index (χ1v) is 18.1. The molecule has 0 atom stereocenters. The van der Waals surface area contributed by atoms with Crippen molar-refractivity contribution in [1.29, 1.82) is 0 Å². The number of aromatic amines is 1. The van der Waals surface area contributed by atoms with Gasteiger partial charge in [0.1, 0.15) is 23.6 Å². The van der Waals surface area contributed by atoms with E-state index in [1.54, 1.807) is 14.2 Å². The molecule has 0 aliphatic heterocycles. The largest absolute Gasteiger partial charge is 0.497 e. The molecule has 3 fully saturated rings. The van der Waals surface area contributed by atoms with Crippen LogP contribution in [0.5, 0.6) is 11.5 Å². The maximum Gasteiger partial charge on any atom is 0.137 e. The van der Waals surface area contributed by atoms with Crippen LogP contribution >= 0.6 is 0 Å². The molecular weight excluding hydrogens is 661 g/mol. The minimum Gasteiger partial charge on any atom is -0.497 e. The summed E-state index contributed by atoms with van der Waals surface area (Å²) in [6.45, 7) is 4.61. The van der Waals surface area contributed by atoms with Crippen molar-refractivity contribution in [2.75, 3.05) is 19.5 Å². The molecule has 3 aromatic rings. The van der Waals surface area contributed by atoms with Gasteiger partial charge in [-0.25, -0.2) is 4.98 Å². The van der Waals surface area contributed by atoms with E-state index >= 15 is 0 Å². The number of carbonyl (C=O) groups is 1. The van der Waals surface area contributed by atoms with Gasteiger partial charge in [0.25, 0.3) is 0 Å². The zero-order valence-electron chi connectivity index (χ0n) is 29.7. The summed E-state index contributed by atoms with van der Waals surface area (Å²) in [5, 5.41) is 12.5. The number of hydrogen-bond donors (Lipinski definition) is 2. The van der Waals surface area contributed by atoms with Crippen LogP contribution in [0.2, 0.25) is 0 Å². The van der Waals surface area contributed by atoms with Gasteiger partial charge < -0.3 is 32.4 Å². The van der Waals surface area contributed by atoms with Crippen LogP contribution in [0.3, 0.4) is 0 Å². The van der Waals surface area contributed by atoms with Crippen LogP contribution in [0.25, 0.3) is 10.9 Å². The Labute approximate surface area is 310 Å². The summed E-state index contributed by atoms with van der Waals surface area (Å²) < 4.78 is 10.8. The first kappa shape index (κ1) is 41.2. The maximum absolute atomic E-state index is 10.2. The van der Waals surface area contributed by atoms with E-state index in [0.717, 1.165) is 52.9 Å². The van der Waals surface area contributed by atoms with Crippen molar-refractivity contribution in [2.45, 2.75) is 135 Å². The number of carbonyl (C=O) groups excluding carboxylic acids is 1. The Morgan fingerprint density at radius 3 is 2.09 bits per heavy atom. The van der Waals surface area contributed by atoms with Crippen molar-refractivity contribution in [1.82, 2.24) is 15.2 Å². The molecule has 2 heterocycles. The van der Waals surface area contributed by atoms with E-state index in [-0.39, 0.29) is 32.7 Å². The Hall–Kier alpha value is -1.99. The molecule has 0 unspecified atom stereocenters. The number of anilines is 1. The molecule has 7 nitrogen and oxygen atoms in total. The number of aromatic nitrogens is 3. The number of fused-ring (bicyclic) bond motifs is 1. The standard InChI is InChI=1S/C23H29N4O2.C7H12O.C7H13.C2H6.Y/c1-28-18-11-10-17(20(14-18)29-2)15-25-23-21-19(12-13-24-23)26-27-22(21)16-8-6-4-3-5-7-9-16;8-6-7-4-2-1-3-5-7;1-2-4-6-7-5-3-1;1-2;/h3,10-14,16H,4-9,15H2,1-2H3,(H,24,25)(H,26,27);6-7H,1-5H2;1H,2-7H2;1-2H3;/q-1;;-1;;. The second-order valence-electron chi connectivity index (χ2n) is 12.4. The van der Waals surface area contributed by atoms with Gasteiger partial charge in [0.2, 0.25) is 0 Å². The average Bonchev–Trinajstić information content (AvgIpc) is 3.31. The summed E-state index contributed by atoms with van der Waals surface area (Å²) in [4.78, 5) is 14.8. The zero-order chi connectivity index (χ0) is 32.8. The number of benzene rings is 1. The normalized spacial score (nSPS) is 17.3. The Morgan fingerprint density at radius 1 is 0.851 bits per heavy atom. The Kier molecular flexibility index (Phi) is 22.0. The number of rotatable bonds is 7. The molecule has 0 saturated heterocycles. The summed E-state index contributed by atoms with van der Waals surface area (Å²) in [6.07, 6.45) is 29.8. The van der Waals surface area contributed by atoms with Gasteiger partial charge in [-0.05, 0) is 43.9 Å². The van der Waals surface area contributed by atoms with Crippen LogP contribution in [-0.2, 0) is 44.0 Å². The van der Waals surface area contributed by atoms with Crippen LogP contribution < -0.4 is 14.8 Å². The van der Waals surface area contributed by atoms with Gasteiger partial charge in [0, 0.05) is 74.6 Å². The molecule has 1 radical (unpaired) electrons.